The van der Waals surface area contributed by atoms with Crippen molar-refractivity contribution < 1.29 is 9.90 Å². The number of aromatic nitrogens is 2. The molecule has 3 rings (SSSR count). The van der Waals surface area contributed by atoms with Crippen molar-refractivity contribution >= 4 is 27.4 Å². The number of carboxylic acid groups (broad SMARTS) is 1. The van der Waals surface area contributed by atoms with E-state index in [0.29, 0.717) is 11.3 Å². The van der Waals surface area contributed by atoms with Crippen LogP contribution in [0.3, 0.4) is 0 Å². The number of benzene rings is 1. The third-order valence-electron chi connectivity index (χ3n) is 3.12. The molecule has 5 heteroatoms. The zero-order valence-corrected chi connectivity index (χ0v) is 12.3. The number of aryl methyl sites for hydroxylation is 1. The molecule has 0 saturated carbocycles. The number of fused-ring (bicyclic) bond motifs is 1. The number of aromatic carboxylic acids is 1. The maximum absolute atomic E-state index is 11.3. The lowest BCUT2D eigenvalue weighted by Crippen LogP contribution is -1.97. The molecule has 0 aliphatic carbocycles. The quantitative estimate of drug-likeness (QED) is 0.778. The van der Waals surface area contributed by atoms with Gasteiger partial charge in [-0.25, -0.2) is 9.78 Å². The number of hydrogen-bond acceptors (Lipinski definition) is 2. The molecule has 0 bridgehead atoms. The molecule has 100 valence electrons. The van der Waals surface area contributed by atoms with Gasteiger partial charge in [-0.3, -0.25) is 4.40 Å². The van der Waals surface area contributed by atoms with Crippen molar-refractivity contribution in [2.45, 2.75) is 6.92 Å². The number of nitrogens with zero attached hydrogens (tertiary/aromatic N) is 2. The molecule has 0 spiro atoms. The Hall–Kier alpha value is -2.14. The smallest absolute Gasteiger partial charge is 0.356 e. The predicted molar refractivity (Wildman–Crippen MR) is 80.0 cm³/mol. The Labute approximate surface area is 123 Å². The minimum absolute atomic E-state index is 0.0573. The van der Waals surface area contributed by atoms with Gasteiger partial charge in [-0.05, 0) is 19.1 Å². The summed E-state index contributed by atoms with van der Waals surface area (Å²) in [6, 6.07) is 11.5. The summed E-state index contributed by atoms with van der Waals surface area (Å²) in [6.07, 6.45) is 1.81. The highest BCUT2D eigenvalue weighted by Crippen LogP contribution is 2.25. The zero-order chi connectivity index (χ0) is 14.3. The van der Waals surface area contributed by atoms with Crippen LogP contribution < -0.4 is 0 Å². The molecule has 0 aliphatic heterocycles. The van der Waals surface area contributed by atoms with Crippen LogP contribution >= 0.6 is 15.9 Å². The fraction of sp³-hybridized carbons (Fsp3) is 0.0667. The minimum Gasteiger partial charge on any atom is -0.476 e. The number of imidazole rings is 1. The van der Waals surface area contributed by atoms with E-state index in [9.17, 15) is 9.90 Å². The maximum Gasteiger partial charge on any atom is 0.356 e. The number of rotatable bonds is 2. The van der Waals surface area contributed by atoms with Crippen molar-refractivity contribution in [1.29, 1.82) is 0 Å². The molecule has 1 aromatic carbocycles. The Balaban J connectivity index is 2.31. The highest BCUT2D eigenvalue weighted by atomic mass is 79.9. The van der Waals surface area contributed by atoms with Crippen LogP contribution in [0.4, 0.5) is 0 Å². The van der Waals surface area contributed by atoms with Gasteiger partial charge in [0.1, 0.15) is 5.82 Å². The first-order chi connectivity index (χ1) is 9.56. The SMILES string of the molecule is Cc1ccc(-c2nc(C(=O)O)c3cc(Br)ccn23)cc1. The van der Waals surface area contributed by atoms with E-state index in [0.717, 1.165) is 15.6 Å². The van der Waals surface area contributed by atoms with Crippen molar-refractivity contribution in [1.82, 2.24) is 9.38 Å². The summed E-state index contributed by atoms with van der Waals surface area (Å²) in [4.78, 5) is 15.6. The van der Waals surface area contributed by atoms with Crippen molar-refractivity contribution in [3.05, 3.63) is 58.3 Å². The van der Waals surface area contributed by atoms with E-state index in [1.807, 2.05) is 43.5 Å². The molecule has 0 amide bonds. The molecule has 1 N–H and O–H groups in total. The summed E-state index contributed by atoms with van der Waals surface area (Å²) in [5.74, 6) is -0.399. The summed E-state index contributed by atoms with van der Waals surface area (Å²) < 4.78 is 2.61. The van der Waals surface area contributed by atoms with Gasteiger partial charge in [-0.1, -0.05) is 45.8 Å². The monoisotopic (exact) mass is 330 g/mol. The fourth-order valence-electron chi connectivity index (χ4n) is 2.12. The summed E-state index contributed by atoms with van der Waals surface area (Å²) in [6.45, 7) is 2.01. The fourth-order valence-corrected chi connectivity index (χ4v) is 2.46. The van der Waals surface area contributed by atoms with Crippen LogP contribution in [-0.2, 0) is 0 Å². The Bertz CT molecular complexity index is 807. The number of pyridine rings is 1. The first kappa shape index (κ1) is 12.9. The summed E-state index contributed by atoms with van der Waals surface area (Å²) in [5.41, 5.74) is 2.67. The van der Waals surface area contributed by atoms with Crippen LogP contribution in [0.15, 0.2) is 47.1 Å². The van der Waals surface area contributed by atoms with Crippen LogP contribution in [0, 0.1) is 6.92 Å². The van der Waals surface area contributed by atoms with Crippen LogP contribution in [0.2, 0.25) is 0 Å². The van der Waals surface area contributed by atoms with Crippen molar-refractivity contribution in [3.8, 4) is 11.4 Å². The first-order valence-electron chi connectivity index (χ1n) is 6.04. The Morgan fingerprint density at radius 2 is 1.95 bits per heavy atom. The molecule has 20 heavy (non-hydrogen) atoms. The lowest BCUT2D eigenvalue weighted by atomic mass is 10.1. The van der Waals surface area contributed by atoms with Crippen molar-refractivity contribution in [2.24, 2.45) is 0 Å². The second kappa shape index (κ2) is 4.76. The van der Waals surface area contributed by atoms with Gasteiger partial charge >= 0.3 is 5.97 Å². The van der Waals surface area contributed by atoms with Gasteiger partial charge in [-0.2, -0.15) is 0 Å². The van der Waals surface area contributed by atoms with E-state index in [2.05, 4.69) is 20.9 Å². The Morgan fingerprint density at radius 1 is 1.25 bits per heavy atom. The van der Waals surface area contributed by atoms with Gasteiger partial charge in [0.25, 0.3) is 0 Å². The highest BCUT2D eigenvalue weighted by molar-refractivity contribution is 9.10. The topological polar surface area (TPSA) is 54.6 Å². The maximum atomic E-state index is 11.3. The molecule has 0 aliphatic rings. The van der Waals surface area contributed by atoms with Gasteiger partial charge in [0, 0.05) is 16.2 Å². The number of carbonyl (C=O) groups is 1. The molecular formula is C15H11BrN2O2. The third kappa shape index (κ3) is 2.10. The van der Waals surface area contributed by atoms with Crippen LogP contribution in [0.25, 0.3) is 16.9 Å². The van der Waals surface area contributed by atoms with Crippen molar-refractivity contribution in [3.63, 3.8) is 0 Å². The van der Waals surface area contributed by atoms with E-state index < -0.39 is 5.97 Å². The van der Waals surface area contributed by atoms with Gasteiger partial charge in [-0.15, -0.1) is 0 Å². The van der Waals surface area contributed by atoms with Crippen LogP contribution in [-0.4, -0.2) is 20.5 Å². The molecule has 0 atom stereocenters. The largest absolute Gasteiger partial charge is 0.476 e. The predicted octanol–water partition coefficient (Wildman–Crippen LogP) is 3.77. The standard InChI is InChI=1S/C15H11BrN2O2/c1-9-2-4-10(5-3-9)14-17-13(15(19)20)12-8-11(16)6-7-18(12)14/h2-8H,1H3,(H,19,20). The summed E-state index contributed by atoms with van der Waals surface area (Å²) >= 11 is 3.36. The average Bonchev–Trinajstić information content (AvgIpc) is 2.78. The zero-order valence-electron chi connectivity index (χ0n) is 10.7. The van der Waals surface area contributed by atoms with E-state index in [1.54, 1.807) is 10.5 Å². The van der Waals surface area contributed by atoms with Gasteiger partial charge in [0.05, 0.1) is 5.52 Å². The Morgan fingerprint density at radius 3 is 2.60 bits per heavy atom. The third-order valence-corrected chi connectivity index (χ3v) is 3.61. The van der Waals surface area contributed by atoms with E-state index in [1.165, 1.54) is 0 Å². The molecule has 2 heterocycles. The first-order valence-corrected chi connectivity index (χ1v) is 6.83. The molecular weight excluding hydrogens is 320 g/mol. The van der Waals surface area contributed by atoms with Gasteiger partial charge < -0.3 is 5.11 Å². The van der Waals surface area contributed by atoms with Crippen molar-refractivity contribution in [2.75, 3.05) is 0 Å². The molecule has 0 saturated heterocycles. The average molecular weight is 331 g/mol. The van der Waals surface area contributed by atoms with E-state index >= 15 is 0 Å². The van der Waals surface area contributed by atoms with Gasteiger partial charge in [0.15, 0.2) is 5.69 Å². The second-order valence-corrected chi connectivity index (χ2v) is 5.47. The second-order valence-electron chi connectivity index (χ2n) is 4.56. The van der Waals surface area contributed by atoms with Gasteiger partial charge in [0.2, 0.25) is 0 Å². The van der Waals surface area contributed by atoms with E-state index in [4.69, 9.17) is 0 Å². The molecule has 0 radical (unpaired) electrons. The molecule has 0 fully saturated rings. The lowest BCUT2D eigenvalue weighted by molar-refractivity contribution is 0.0693. The Kier molecular flexibility index (Phi) is 3.06. The molecule has 0 unspecified atom stereocenters. The molecule has 2 aromatic heterocycles. The lowest BCUT2D eigenvalue weighted by Gasteiger charge is -2.02. The van der Waals surface area contributed by atoms with Crippen LogP contribution in [0.5, 0.6) is 0 Å². The number of halogens is 1. The minimum atomic E-state index is -1.03. The summed E-state index contributed by atoms with van der Waals surface area (Å²) in [7, 11) is 0. The number of carboxylic acids is 1. The normalized spacial score (nSPS) is 10.9. The number of hydrogen-bond donors (Lipinski definition) is 1. The molecule has 4 nitrogen and oxygen atoms in total. The highest BCUT2D eigenvalue weighted by Gasteiger charge is 2.17. The summed E-state index contributed by atoms with van der Waals surface area (Å²) in [5, 5.41) is 9.29. The van der Waals surface area contributed by atoms with Crippen LogP contribution in [0.1, 0.15) is 16.1 Å². The molecule has 3 aromatic rings. The van der Waals surface area contributed by atoms with E-state index in [-0.39, 0.29) is 5.69 Å².